The van der Waals surface area contributed by atoms with E-state index in [1.165, 1.54) is 11.9 Å². The van der Waals surface area contributed by atoms with Gasteiger partial charge in [0, 0.05) is 65.2 Å². The standard InChI is InChI=1S/C65H111N15O12/c1-11-13-14-15-19-26-53(81)79-30-21-24-44(37-79)57(85)73-48(34-43-22-17-16-18-23-43)60(88)74-47(31-39(3)4)59(87)76-50(32-40(5)6)63(91)80-38-45(70-29-27-66)35-52(80)64(92)78(10)51(33-41(7)8)62(90)75-49(36-54(82)83)61(89)72-46(25-20-28-71-65(68)69)58(86)77-55(56(67)84)42(9)12-2/h16-18,22-23,39-42,44-52,55,70H,11-15,19-21,24-38,66H2,1-10H3,(H2,67,84)(H,72,89)(H,73,85)(H,74,88)(H,75,90)(H,76,87)(H,77,86)(H,82,83)(H4,68,69,71)/t42-,44-,45+,46-,47+,48-,49-,50-,51-,52-,55-/m0/s1. The van der Waals surface area contributed by atoms with Gasteiger partial charge in [-0.3, -0.25) is 57.7 Å². The molecule has 3 rings (SSSR count). The van der Waals surface area contributed by atoms with Crippen LogP contribution in [-0.4, -0.2) is 191 Å². The van der Waals surface area contributed by atoms with E-state index in [1.54, 1.807) is 32.6 Å². The zero-order valence-corrected chi connectivity index (χ0v) is 56.3. The maximum atomic E-state index is 15.3. The van der Waals surface area contributed by atoms with Crippen LogP contribution in [0.2, 0.25) is 0 Å². The van der Waals surface area contributed by atoms with Gasteiger partial charge in [0.25, 0.3) is 0 Å². The topological polar surface area (TPSA) is 418 Å². The predicted molar refractivity (Wildman–Crippen MR) is 351 cm³/mol. The van der Waals surface area contributed by atoms with Crippen molar-refractivity contribution in [2.75, 3.05) is 46.3 Å². The van der Waals surface area contributed by atoms with E-state index in [0.717, 1.165) is 42.6 Å². The lowest BCUT2D eigenvalue weighted by atomic mass is 9.95. The molecule has 2 fully saturated rings. The SMILES string of the molecule is CCCCCCCC(=O)N1CCC[C@H](C(=O)N[C@@H](Cc2ccccc2)C(=O)N[C@H](CC(C)C)C(=O)N[C@@H](CC(C)C)C(=O)N2C[C@H](NCCN)C[C@H]2C(=O)N(C)[C@@H](CC(C)C)C(=O)N[C@@H](CC(=O)O)C(=O)N[C@@H](CCCN=C(N)N)C(=O)N[C@H](C(N)=O)[C@@H](C)CC)C1. The molecule has 0 radical (unpaired) electrons. The molecule has 27 heteroatoms. The number of aliphatic carboxylic acids is 1. The molecule has 0 aromatic heterocycles. The van der Waals surface area contributed by atoms with Gasteiger partial charge in [-0.2, -0.15) is 0 Å². The van der Waals surface area contributed by atoms with E-state index in [0.29, 0.717) is 38.8 Å². The Labute approximate surface area is 544 Å². The fourth-order valence-corrected chi connectivity index (χ4v) is 11.6. The normalized spacial score (nSPS) is 18.3. The summed E-state index contributed by atoms with van der Waals surface area (Å²) in [5.41, 5.74) is 23.3. The van der Waals surface area contributed by atoms with Crippen LogP contribution in [0.15, 0.2) is 35.3 Å². The number of nitrogens with zero attached hydrogens (tertiary/aromatic N) is 4. The van der Waals surface area contributed by atoms with E-state index >= 15 is 9.59 Å². The van der Waals surface area contributed by atoms with E-state index in [1.807, 2.05) is 58.0 Å². The minimum atomic E-state index is -1.79. The second kappa shape index (κ2) is 40.5. The van der Waals surface area contributed by atoms with Gasteiger partial charge in [-0.1, -0.05) is 125 Å². The molecule has 1 aromatic carbocycles. The smallest absolute Gasteiger partial charge is 0.305 e. The maximum absolute atomic E-state index is 15.3. The molecular weight excluding hydrogens is 1180 g/mol. The second-order valence-electron chi connectivity index (χ2n) is 26.2. The third kappa shape index (κ3) is 27.0. The number of benzene rings is 1. The lowest BCUT2D eigenvalue weighted by Gasteiger charge is -2.35. The predicted octanol–water partition coefficient (Wildman–Crippen LogP) is 1.28. The first-order chi connectivity index (χ1) is 43.5. The second-order valence-corrected chi connectivity index (χ2v) is 26.2. The molecule has 11 atom stereocenters. The Morgan fingerprint density at radius 3 is 1.87 bits per heavy atom. The molecule has 2 aliphatic heterocycles. The number of hydrogen-bond acceptors (Lipinski definition) is 14. The largest absolute Gasteiger partial charge is 0.481 e. The van der Waals surface area contributed by atoms with Crippen molar-refractivity contribution >= 4 is 71.0 Å². The van der Waals surface area contributed by atoms with Crippen molar-refractivity contribution in [1.82, 2.24) is 51.9 Å². The molecule has 0 bridgehead atoms. The quantitative estimate of drug-likeness (QED) is 0.0250. The lowest BCUT2D eigenvalue weighted by Crippen LogP contribution is -2.61. The van der Waals surface area contributed by atoms with Crippen LogP contribution in [-0.2, 0) is 59.2 Å². The summed E-state index contributed by atoms with van der Waals surface area (Å²) in [6.45, 7) is 18.1. The van der Waals surface area contributed by atoms with E-state index in [2.05, 4.69) is 49.1 Å². The molecule has 2 saturated heterocycles. The van der Waals surface area contributed by atoms with Crippen molar-refractivity contribution in [2.24, 2.45) is 57.5 Å². The van der Waals surface area contributed by atoms with Gasteiger partial charge < -0.3 is 80.0 Å². The highest BCUT2D eigenvalue weighted by Crippen LogP contribution is 2.26. The first-order valence-electron chi connectivity index (χ1n) is 33.2. The first-order valence-corrected chi connectivity index (χ1v) is 33.2. The summed E-state index contributed by atoms with van der Waals surface area (Å²) in [6.07, 6.45) is 6.58. The Balaban J connectivity index is 1.96. The summed E-state index contributed by atoms with van der Waals surface area (Å²) in [7, 11) is 1.37. The number of aliphatic imine (C=N–C) groups is 1. The Hall–Kier alpha value is -7.42. The molecule has 92 heavy (non-hydrogen) atoms. The Morgan fingerprint density at radius 2 is 1.27 bits per heavy atom. The molecule has 1 aromatic rings. The third-order valence-corrected chi connectivity index (χ3v) is 16.9. The van der Waals surface area contributed by atoms with Crippen LogP contribution in [0.1, 0.15) is 171 Å². The number of likely N-dealkylation sites (N-methyl/N-ethyl adjacent to an activating group) is 1. The Bertz CT molecular complexity index is 2600. The summed E-state index contributed by atoms with van der Waals surface area (Å²) < 4.78 is 0. The number of likely N-dealkylation sites (tertiary alicyclic amines) is 2. The van der Waals surface area contributed by atoms with Gasteiger partial charge in [0.1, 0.15) is 48.3 Å². The van der Waals surface area contributed by atoms with Crippen LogP contribution in [0, 0.1) is 29.6 Å². The summed E-state index contributed by atoms with van der Waals surface area (Å²) in [6, 6.07) is -1.73. The molecule has 0 aliphatic carbocycles. The van der Waals surface area contributed by atoms with Crippen LogP contribution >= 0.6 is 0 Å². The van der Waals surface area contributed by atoms with Crippen LogP contribution < -0.4 is 60.2 Å². The summed E-state index contributed by atoms with van der Waals surface area (Å²) in [5.74, 6) is -9.79. The molecular formula is C65H111N15O12. The van der Waals surface area contributed by atoms with Crippen LogP contribution in [0.5, 0.6) is 0 Å². The number of amides is 10. The first kappa shape index (κ1) is 78.8. The summed E-state index contributed by atoms with van der Waals surface area (Å²) >= 11 is 0. The summed E-state index contributed by atoms with van der Waals surface area (Å²) in [5, 5.41) is 29.8. The molecule has 0 saturated carbocycles. The minimum absolute atomic E-state index is 0.00725. The van der Waals surface area contributed by atoms with Gasteiger partial charge in [0.15, 0.2) is 5.96 Å². The number of unbranched alkanes of at least 4 members (excludes halogenated alkanes) is 4. The number of hydrogen-bond donors (Lipinski definition) is 12. The van der Waals surface area contributed by atoms with Gasteiger partial charge >= 0.3 is 5.97 Å². The van der Waals surface area contributed by atoms with Crippen molar-refractivity contribution in [2.45, 2.75) is 226 Å². The Morgan fingerprint density at radius 1 is 0.685 bits per heavy atom. The van der Waals surface area contributed by atoms with Crippen molar-refractivity contribution in [1.29, 1.82) is 0 Å². The molecule has 0 spiro atoms. The van der Waals surface area contributed by atoms with Gasteiger partial charge in [0.05, 0.1) is 12.3 Å². The minimum Gasteiger partial charge on any atom is -0.481 e. The average molecular weight is 1290 g/mol. The number of piperidine rings is 1. The maximum Gasteiger partial charge on any atom is 0.305 e. The van der Waals surface area contributed by atoms with E-state index in [9.17, 15) is 48.3 Å². The number of nitrogens with one attached hydrogen (secondary N) is 7. The highest BCUT2D eigenvalue weighted by atomic mass is 16.4. The average Bonchev–Trinajstić information content (AvgIpc) is 1.60. The van der Waals surface area contributed by atoms with Gasteiger partial charge in [0.2, 0.25) is 59.1 Å². The number of guanidine groups is 1. The summed E-state index contributed by atoms with van der Waals surface area (Å²) in [4.78, 5) is 163. The monoisotopic (exact) mass is 1290 g/mol. The van der Waals surface area contributed by atoms with Crippen LogP contribution in [0.25, 0.3) is 0 Å². The zero-order valence-electron chi connectivity index (χ0n) is 56.3. The Kier molecular flexibility index (Phi) is 34.7. The number of primary amides is 1. The molecule has 2 aliphatic rings. The third-order valence-electron chi connectivity index (χ3n) is 16.9. The van der Waals surface area contributed by atoms with Crippen molar-refractivity contribution in [3.63, 3.8) is 0 Å². The molecule has 2 heterocycles. The van der Waals surface area contributed by atoms with E-state index in [-0.39, 0.29) is 107 Å². The van der Waals surface area contributed by atoms with E-state index < -0.39 is 126 Å². The number of carbonyl (C=O) groups excluding carboxylic acids is 10. The number of nitrogens with two attached hydrogens (primary N) is 4. The fraction of sp³-hybridized carbons (Fsp3) is 0.723. The highest BCUT2D eigenvalue weighted by Gasteiger charge is 2.46. The molecule has 518 valence electrons. The van der Waals surface area contributed by atoms with Gasteiger partial charge in [-0.15, -0.1) is 0 Å². The number of rotatable bonds is 41. The number of carbonyl (C=O) groups is 11. The number of carboxylic acids is 1. The van der Waals surface area contributed by atoms with E-state index in [4.69, 9.17) is 22.9 Å². The fourth-order valence-electron chi connectivity index (χ4n) is 11.6. The molecule has 16 N–H and O–H groups in total. The van der Waals surface area contributed by atoms with Gasteiger partial charge in [-0.25, -0.2) is 0 Å². The molecule has 10 amide bonds. The zero-order chi connectivity index (χ0) is 68.8. The lowest BCUT2D eigenvalue weighted by molar-refractivity contribution is -0.149. The highest BCUT2D eigenvalue weighted by molar-refractivity contribution is 5.99. The van der Waals surface area contributed by atoms with Gasteiger partial charge in [-0.05, 0) is 87.0 Å². The van der Waals surface area contributed by atoms with Crippen LogP contribution in [0.4, 0.5) is 0 Å². The molecule has 0 unspecified atom stereocenters. The van der Waals surface area contributed by atoms with Crippen molar-refractivity contribution in [3.05, 3.63) is 35.9 Å². The number of carboxylic acid groups (broad SMARTS) is 1. The van der Waals surface area contributed by atoms with Crippen molar-refractivity contribution < 1.29 is 57.8 Å². The van der Waals surface area contributed by atoms with Crippen LogP contribution in [0.3, 0.4) is 0 Å². The van der Waals surface area contributed by atoms with Crippen molar-refractivity contribution in [3.8, 4) is 0 Å². The molecule has 27 nitrogen and oxygen atoms in total.